The van der Waals surface area contributed by atoms with Gasteiger partial charge in [0.1, 0.15) is 5.82 Å². The predicted octanol–water partition coefficient (Wildman–Crippen LogP) is 3.67. The van der Waals surface area contributed by atoms with Crippen LogP contribution in [0.5, 0.6) is 11.5 Å². The summed E-state index contributed by atoms with van der Waals surface area (Å²) in [6.07, 6.45) is 5.16. The molecular weight excluding hydrogens is 387 g/mol. The molecule has 0 aromatic heterocycles. The van der Waals surface area contributed by atoms with E-state index < -0.39 is 11.7 Å². The highest BCUT2D eigenvalue weighted by Gasteiger charge is 2.27. The number of hydrogen-bond donors (Lipinski definition) is 1. The molecule has 0 heterocycles. The van der Waals surface area contributed by atoms with Crippen LogP contribution in [0.1, 0.15) is 48.0 Å². The van der Waals surface area contributed by atoms with Gasteiger partial charge in [-0.25, -0.2) is 4.39 Å². The SMILES string of the molecule is COc1cc(CN(C(=O)c2cccc(F)c2)C2CCCCC2)ccc1OCC(N)=O. The molecule has 160 valence electrons. The molecule has 1 aliphatic rings. The fourth-order valence-electron chi connectivity index (χ4n) is 3.82. The van der Waals surface area contributed by atoms with E-state index >= 15 is 0 Å². The van der Waals surface area contributed by atoms with Crippen molar-refractivity contribution in [2.24, 2.45) is 5.73 Å². The first kappa shape index (κ1) is 21.6. The van der Waals surface area contributed by atoms with Gasteiger partial charge in [-0.2, -0.15) is 0 Å². The van der Waals surface area contributed by atoms with Gasteiger partial charge in [0.15, 0.2) is 18.1 Å². The number of halogens is 1. The van der Waals surface area contributed by atoms with Gasteiger partial charge in [-0.3, -0.25) is 9.59 Å². The molecule has 1 fully saturated rings. The molecule has 0 spiro atoms. The number of methoxy groups -OCH3 is 1. The lowest BCUT2D eigenvalue weighted by molar-refractivity contribution is -0.119. The van der Waals surface area contributed by atoms with Crippen LogP contribution < -0.4 is 15.2 Å². The quantitative estimate of drug-likeness (QED) is 0.715. The first-order chi connectivity index (χ1) is 14.5. The van der Waals surface area contributed by atoms with Crippen LogP contribution in [0.15, 0.2) is 42.5 Å². The van der Waals surface area contributed by atoms with Crippen molar-refractivity contribution in [3.8, 4) is 11.5 Å². The van der Waals surface area contributed by atoms with Crippen molar-refractivity contribution < 1.29 is 23.5 Å². The number of nitrogens with two attached hydrogens (primary N) is 1. The molecule has 0 bridgehead atoms. The highest BCUT2D eigenvalue weighted by molar-refractivity contribution is 5.94. The molecule has 2 aromatic carbocycles. The highest BCUT2D eigenvalue weighted by atomic mass is 19.1. The summed E-state index contributed by atoms with van der Waals surface area (Å²) in [5.74, 6) is -0.335. The lowest BCUT2D eigenvalue weighted by Gasteiger charge is -2.34. The van der Waals surface area contributed by atoms with Gasteiger partial charge >= 0.3 is 0 Å². The summed E-state index contributed by atoms with van der Waals surface area (Å²) in [6.45, 7) is 0.119. The van der Waals surface area contributed by atoms with E-state index in [1.54, 1.807) is 24.3 Å². The Morgan fingerprint density at radius 1 is 1.10 bits per heavy atom. The van der Waals surface area contributed by atoms with Crippen LogP contribution in [-0.4, -0.2) is 36.5 Å². The Hall–Kier alpha value is -3.09. The van der Waals surface area contributed by atoms with E-state index in [4.69, 9.17) is 15.2 Å². The Bertz CT molecular complexity index is 897. The van der Waals surface area contributed by atoms with E-state index in [-0.39, 0.29) is 18.6 Å². The van der Waals surface area contributed by atoms with Gasteiger partial charge in [0.05, 0.1) is 7.11 Å². The maximum absolute atomic E-state index is 13.7. The van der Waals surface area contributed by atoms with Crippen molar-refractivity contribution in [3.05, 3.63) is 59.4 Å². The second kappa shape index (κ2) is 10.1. The number of benzene rings is 2. The molecule has 1 saturated carbocycles. The number of carbonyl (C=O) groups is 2. The predicted molar refractivity (Wildman–Crippen MR) is 111 cm³/mol. The summed E-state index contributed by atoms with van der Waals surface area (Å²) in [6, 6.07) is 11.2. The van der Waals surface area contributed by atoms with Crippen LogP contribution in [0.25, 0.3) is 0 Å². The van der Waals surface area contributed by atoms with Crippen molar-refractivity contribution in [1.82, 2.24) is 4.90 Å². The number of carbonyl (C=O) groups excluding carboxylic acids is 2. The zero-order valence-corrected chi connectivity index (χ0v) is 17.1. The second-order valence-corrected chi connectivity index (χ2v) is 7.48. The average molecular weight is 414 g/mol. The van der Waals surface area contributed by atoms with Gasteiger partial charge in [-0.05, 0) is 48.7 Å². The second-order valence-electron chi connectivity index (χ2n) is 7.48. The molecule has 0 radical (unpaired) electrons. The number of primary amides is 1. The molecule has 1 aliphatic carbocycles. The molecule has 0 aliphatic heterocycles. The standard InChI is InChI=1S/C23H27FN2O4/c1-29-21-12-16(10-11-20(21)30-15-22(25)27)14-26(19-8-3-2-4-9-19)23(28)17-6-5-7-18(24)13-17/h5-7,10-13,19H,2-4,8-9,14-15H2,1H3,(H2,25,27). The lowest BCUT2D eigenvalue weighted by Crippen LogP contribution is -2.41. The number of hydrogen-bond acceptors (Lipinski definition) is 4. The van der Waals surface area contributed by atoms with E-state index in [2.05, 4.69) is 0 Å². The van der Waals surface area contributed by atoms with Crippen LogP contribution in [-0.2, 0) is 11.3 Å². The zero-order valence-electron chi connectivity index (χ0n) is 17.1. The maximum Gasteiger partial charge on any atom is 0.255 e. The fourth-order valence-corrected chi connectivity index (χ4v) is 3.82. The molecule has 0 unspecified atom stereocenters. The van der Waals surface area contributed by atoms with E-state index in [0.717, 1.165) is 37.7 Å². The number of amides is 2. The Morgan fingerprint density at radius 2 is 1.87 bits per heavy atom. The van der Waals surface area contributed by atoms with Gasteiger partial charge in [0.25, 0.3) is 11.8 Å². The Morgan fingerprint density at radius 3 is 2.53 bits per heavy atom. The molecule has 0 atom stereocenters. The zero-order chi connectivity index (χ0) is 21.5. The monoisotopic (exact) mass is 414 g/mol. The molecule has 0 saturated heterocycles. The van der Waals surface area contributed by atoms with Crippen LogP contribution in [0.4, 0.5) is 4.39 Å². The molecule has 7 heteroatoms. The average Bonchev–Trinajstić information content (AvgIpc) is 2.76. The Labute approximate surface area is 175 Å². The number of nitrogens with zero attached hydrogens (tertiary/aromatic N) is 1. The molecule has 2 aromatic rings. The summed E-state index contributed by atoms with van der Waals surface area (Å²) in [5, 5.41) is 0. The summed E-state index contributed by atoms with van der Waals surface area (Å²) in [5.41, 5.74) is 6.33. The van der Waals surface area contributed by atoms with E-state index in [9.17, 15) is 14.0 Å². The van der Waals surface area contributed by atoms with Crippen LogP contribution in [0.3, 0.4) is 0 Å². The third-order valence-corrected chi connectivity index (χ3v) is 5.30. The van der Waals surface area contributed by atoms with Gasteiger partial charge in [-0.1, -0.05) is 31.4 Å². The third kappa shape index (κ3) is 5.49. The van der Waals surface area contributed by atoms with Gasteiger partial charge in [-0.15, -0.1) is 0 Å². The minimum atomic E-state index is -0.578. The minimum Gasteiger partial charge on any atom is -0.493 e. The Kier molecular flexibility index (Phi) is 7.27. The first-order valence-electron chi connectivity index (χ1n) is 10.1. The summed E-state index contributed by atoms with van der Waals surface area (Å²) in [4.78, 5) is 26.1. The maximum atomic E-state index is 13.7. The van der Waals surface area contributed by atoms with Crippen molar-refractivity contribution in [2.45, 2.75) is 44.7 Å². The number of rotatable bonds is 8. The van der Waals surface area contributed by atoms with E-state index in [1.165, 1.54) is 19.2 Å². The van der Waals surface area contributed by atoms with E-state index in [0.29, 0.717) is 23.6 Å². The first-order valence-corrected chi connectivity index (χ1v) is 10.1. The van der Waals surface area contributed by atoms with Crippen molar-refractivity contribution >= 4 is 11.8 Å². The van der Waals surface area contributed by atoms with Gasteiger partial charge < -0.3 is 20.1 Å². The van der Waals surface area contributed by atoms with Gasteiger partial charge in [0, 0.05) is 18.2 Å². The largest absolute Gasteiger partial charge is 0.493 e. The Balaban J connectivity index is 1.85. The molecule has 2 amide bonds. The smallest absolute Gasteiger partial charge is 0.255 e. The summed E-state index contributed by atoms with van der Waals surface area (Å²) in [7, 11) is 1.51. The summed E-state index contributed by atoms with van der Waals surface area (Å²) < 4.78 is 24.4. The van der Waals surface area contributed by atoms with Crippen LogP contribution in [0, 0.1) is 5.82 Å². The molecule has 6 nitrogen and oxygen atoms in total. The van der Waals surface area contributed by atoms with Crippen LogP contribution >= 0.6 is 0 Å². The highest BCUT2D eigenvalue weighted by Crippen LogP contribution is 2.31. The molecular formula is C23H27FN2O4. The summed E-state index contributed by atoms with van der Waals surface area (Å²) >= 11 is 0. The van der Waals surface area contributed by atoms with Crippen molar-refractivity contribution in [3.63, 3.8) is 0 Å². The molecule has 2 N–H and O–H groups in total. The van der Waals surface area contributed by atoms with Crippen molar-refractivity contribution in [1.29, 1.82) is 0 Å². The normalized spacial score (nSPS) is 14.2. The minimum absolute atomic E-state index is 0.103. The molecule has 3 rings (SSSR count). The lowest BCUT2D eigenvalue weighted by atomic mass is 9.93. The third-order valence-electron chi connectivity index (χ3n) is 5.30. The topological polar surface area (TPSA) is 81.9 Å². The molecule has 30 heavy (non-hydrogen) atoms. The van der Waals surface area contributed by atoms with Crippen LogP contribution in [0.2, 0.25) is 0 Å². The van der Waals surface area contributed by atoms with Crippen molar-refractivity contribution in [2.75, 3.05) is 13.7 Å². The van der Waals surface area contributed by atoms with Gasteiger partial charge in [0.2, 0.25) is 0 Å². The number of ether oxygens (including phenoxy) is 2. The fraction of sp³-hybridized carbons (Fsp3) is 0.391. The van der Waals surface area contributed by atoms with E-state index in [1.807, 2.05) is 11.0 Å².